The third-order valence-corrected chi connectivity index (χ3v) is 12.4. The molecule has 0 aliphatic carbocycles. The molecule has 0 radical (unpaired) electrons. The minimum absolute atomic E-state index is 0.0118. The number of unbranched alkanes of at least 4 members (excludes halogenated alkanes) is 33. The maximum atomic E-state index is 12.4. The Bertz CT molecular complexity index is 1010. The molecule has 0 aromatic rings. The Labute approximate surface area is 385 Å². The Morgan fingerprint density at radius 1 is 0.452 bits per heavy atom. The van der Waals surface area contributed by atoms with E-state index < -0.39 is 12.1 Å². The first kappa shape index (κ1) is 60.1. The second-order valence-electron chi connectivity index (χ2n) is 18.6. The Morgan fingerprint density at radius 3 is 1.31 bits per heavy atom. The molecule has 364 valence electrons. The number of esters is 1. The predicted octanol–water partition coefficient (Wildman–Crippen LogP) is 16.5. The summed E-state index contributed by atoms with van der Waals surface area (Å²) in [6, 6.07) is -0.548. The molecule has 0 spiro atoms. The van der Waals surface area contributed by atoms with Crippen molar-refractivity contribution in [1.29, 1.82) is 0 Å². The summed E-state index contributed by atoms with van der Waals surface area (Å²) in [6.07, 6.45) is 62.6. The Hall–Kier alpha value is -1.92. The number of hydrogen-bond acceptors (Lipinski definition) is 5. The van der Waals surface area contributed by atoms with Crippen LogP contribution in [0.2, 0.25) is 0 Å². The SMILES string of the molecule is CCC/C=C\C/C=C\CCCCCCCC(=O)OCCCCCCCCCC/C=C\CCCCCCCCCC(=O)NC(CO)C(O)CCCCCCCCCCCCCCC. The average molecular weight is 872 g/mol. The number of carbonyl (C=O) groups is 2. The van der Waals surface area contributed by atoms with Crippen molar-refractivity contribution in [2.45, 2.75) is 296 Å². The van der Waals surface area contributed by atoms with Crippen molar-refractivity contribution in [3.05, 3.63) is 36.5 Å². The van der Waals surface area contributed by atoms with Gasteiger partial charge in [-0.15, -0.1) is 0 Å². The van der Waals surface area contributed by atoms with E-state index >= 15 is 0 Å². The number of nitrogens with one attached hydrogen (secondary N) is 1. The summed E-state index contributed by atoms with van der Waals surface area (Å²) in [4.78, 5) is 24.4. The van der Waals surface area contributed by atoms with E-state index in [4.69, 9.17) is 4.74 Å². The molecule has 0 fully saturated rings. The van der Waals surface area contributed by atoms with Crippen LogP contribution in [-0.2, 0) is 14.3 Å². The van der Waals surface area contributed by atoms with Crippen molar-refractivity contribution in [2.24, 2.45) is 0 Å². The molecule has 0 aliphatic heterocycles. The summed E-state index contributed by atoms with van der Waals surface area (Å²) in [5.74, 6) is -0.0573. The average Bonchev–Trinajstić information content (AvgIpc) is 3.27. The van der Waals surface area contributed by atoms with Gasteiger partial charge in [0.25, 0.3) is 0 Å². The van der Waals surface area contributed by atoms with Crippen molar-refractivity contribution in [2.75, 3.05) is 13.2 Å². The number of rotatable bonds is 50. The smallest absolute Gasteiger partial charge is 0.305 e. The molecule has 3 N–H and O–H groups in total. The van der Waals surface area contributed by atoms with Crippen LogP contribution in [0.1, 0.15) is 284 Å². The number of amides is 1. The summed E-state index contributed by atoms with van der Waals surface area (Å²) in [5.41, 5.74) is 0. The third-order valence-electron chi connectivity index (χ3n) is 12.4. The van der Waals surface area contributed by atoms with Crippen molar-refractivity contribution in [3.8, 4) is 0 Å². The van der Waals surface area contributed by atoms with Crippen LogP contribution in [0.4, 0.5) is 0 Å². The Balaban J connectivity index is 3.45. The highest BCUT2D eigenvalue weighted by atomic mass is 16.5. The number of allylic oxidation sites excluding steroid dienone is 6. The Kier molecular flexibility index (Phi) is 50.1. The van der Waals surface area contributed by atoms with Crippen LogP contribution in [0.25, 0.3) is 0 Å². The van der Waals surface area contributed by atoms with Crippen molar-refractivity contribution >= 4 is 11.9 Å². The zero-order valence-corrected chi connectivity index (χ0v) is 41.4. The van der Waals surface area contributed by atoms with E-state index in [1.54, 1.807) is 0 Å². The molecule has 0 aliphatic rings. The molecule has 0 saturated heterocycles. The Morgan fingerprint density at radius 2 is 0.839 bits per heavy atom. The number of hydrogen-bond donors (Lipinski definition) is 3. The monoisotopic (exact) mass is 872 g/mol. The fraction of sp³-hybridized carbons (Fsp3) is 0.857. The van der Waals surface area contributed by atoms with E-state index in [0.29, 0.717) is 25.9 Å². The second kappa shape index (κ2) is 51.7. The number of carbonyl (C=O) groups excluding carboxylic acids is 2. The lowest BCUT2D eigenvalue weighted by Crippen LogP contribution is -2.45. The van der Waals surface area contributed by atoms with E-state index in [2.05, 4.69) is 55.6 Å². The van der Waals surface area contributed by atoms with E-state index in [1.165, 1.54) is 193 Å². The van der Waals surface area contributed by atoms with E-state index in [0.717, 1.165) is 57.8 Å². The van der Waals surface area contributed by atoms with E-state index in [-0.39, 0.29) is 18.5 Å². The summed E-state index contributed by atoms with van der Waals surface area (Å²) in [6.45, 7) is 4.86. The zero-order valence-electron chi connectivity index (χ0n) is 41.4. The molecule has 0 aromatic carbocycles. The molecule has 6 nitrogen and oxygen atoms in total. The predicted molar refractivity (Wildman–Crippen MR) is 269 cm³/mol. The molecule has 2 atom stereocenters. The van der Waals surface area contributed by atoms with Crippen LogP contribution in [-0.4, -0.2) is 47.4 Å². The van der Waals surface area contributed by atoms with E-state index in [9.17, 15) is 19.8 Å². The van der Waals surface area contributed by atoms with Gasteiger partial charge in [0.05, 0.1) is 25.4 Å². The van der Waals surface area contributed by atoms with Gasteiger partial charge < -0.3 is 20.3 Å². The lowest BCUT2D eigenvalue weighted by atomic mass is 10.0. The molecule has 0 saturated carbocycles. The fourth-order valence-corrected chi connectivity index (χ4v) is 8.20. The van der Waals surface area contributed by atoms with Crippen LogP contribution >= 0.6 is 0 Å². The fourth-order valence-electron chi connectivity index (χ4n) is 8.20. The highest BCUT2D eigenvalue weighted by Gasteiger charge is 2.20. The first-order valence-corrected chi connectivity index (χ1v) is 27.2. The van der Waals surface area contributed by atoms with E-state index in [1.807, 2.05) is 0 Å². The van der Waals surface area contributed by atoms with Crippen LogP contribution < -0.4 is 5.32 Å². The van der Waals surface area contributed by atoms with Gasteiger partial charge in [-0.3, -0.25) is 9.59 Å². The minimum atomic E-state index is -0.670. The summed E-state index contributed by atoms with van der Waals surface area (Å²) in [5, 5.41) is 23.2. The summed E-state index contributed by atoms with van der Waals surface area (Å²) >= 11 is 0. The van der Waals surface area contributed by atoms with Crippen LogP contribution in [0.15, 0.2) is 36.5 Å². The molecular weight excluding hydrogens is 767 g/mol. The first-order chi connectivity index (χ1) is 30.5. The summed E-state index contributed by atoms with van der Waals surface area (Å²) in [7, 11) is 0. The minimum Gasteiger partial charge on any atom is -0.466 e. The normalized spacial score (nSPS) is 12.9. The number of aliphatic hydroxyl groups is 2. The quantitative estimate of drug-likeness (QED) is 0.0321. The van der Waals surface area contributed by atoms with Gasteiger partial charge >= 0.3 is 5.97 Å². The zero-order chi connectivity index (χ0) is 45.1. The topological polar surface area (TPSA) is 95.9 Å². The standard InChI is InChI=1S/C56H105NO5/c1-3-5-7-9-11-13-15-24-28-32-36-40-44-48-54(59)53(52-58)57-55(60)49-45-41-37-33-29-26-22-20-18-17-19-21-23-27-31-35-39-43-47-51-62-56(61)50-46-42-38-34-30-25-16-14-12-10-8-6-4-2/h8,10,14,16-18,53-54,58-59H,3-7,9,11-13,15,19-52H2,1-2H3,(H,57,60)/b10-8-,16-14-,18-17-. The van der Waals surface area contributed by atoms with Gasteiger partial charge in [0.15, 0.2) is 0 Å². The van der Waals surface area contributed by atoms with Crippen LogP contribution in [0.3, 0.4) is 0 Å². The van der Waals surface area contributed by atoms with Gasteiger partial charge in [0.2, 0.25) is 5.91 Å². The molecular formula is C56H105NO5. The molecule has 0 rings (SSSR count). The highest BCUT2D eigenvalue weighted by Crippen LogP contribution is 2.16. The molecule has 2 unspecified atom stereocenters. The van der Waals surface area contributed by atoms with Crippen molar-refractivity contribution in [3.63, 3.8) is 0 Å². The molecule has 1 amide bonds. The highest BCUT2D eigenvalue weighted by molar-refractivity contribution is 5.76. The molecule has 62 heavy (non-hydrogen) atoms. The van der Waals surface area contributed by atoms with Gasteiger partial charge in [0.1, 0.15) is 0 Å². The first-order valence-electron chi connectivity index (χ1n) is 27.2. The van der Waals surface area contributed by atoms with Gasteiger partial charge in [-0.25, -0.2) is 0 Å². The molecule has 6 heteroatoms. The summed E-state index contributed by atoms with van der Waals surface area (Å²) < 4.78 is 5.45. The second-order valence-corrected chi connectivity index (χ2v) is 18.6. The maximum Gasteiger partial charge on any atom is 0.305 e. The van der Waals surface area contributed by atoms with Gasteiger partial charge in [0, 0.05) is 12.8 Å². The maximum absolute atomic E-state index is 12.4. The van der Waals surface area contributed by atoms with Gasteiger partial charge in [-0.1, -0.05) is 230 Å². The van der Waals surface area contributed by atoms with Crippen molar-refractivity contribution in [1.82, 2.24) is 5.32 Å². The van der Waals surface area contributed by atoms with Gasteiger partial charge in [-0.05, 0) is 77.0 Å². The van der Waals surface area contributed by atoms with Crippen LogP contribution in [0, 0.1) is 0 Å². The van der Waals surface area contributed by atoms with Crippen molar-refractivity contribution < 1.29 is 24.5 Å². The lowest BCUT2D eigenvalue weighted by molar-refractivity contribution is -0.143. The molecule has 0 aromatic heterocycles. The van der Waals surface area contributed by atoms with Crippen LogP contribution in [0.5, 0.6) is 0 Å². The number of aliphatic hydroxyl groups excluding tert-OH is 2. The number of ether oxygens (including phenoxy) is 1. The largest absolute Gasteiger partial charge is 0.466 e. The third kappa shape index (κ3) is 47.6. The lowest BCUT2D eigenvalue weighted by Gasteiger charge is -2.22. The molecule has 0 bridgehead atoms. The van der Waals surface area contributed by atoms with Gasteiger partial charge in [-0.2, -0.15) is 0 Å². The molecule has 0 heterocycles.